The van der Waals surface area contributed by atoms with E-state index in [1.807, 2.05) is 24.3 Å². The van der Waals surface area contributed by atoms with E-state index in [-0.39, 0.29) is 13.0 Å². The van der Waals surface area contributed by atoms with Crippen LogP contribution in [-0.4, -0.2) is 17.6 Å². The molecule has 0 saturated carbocycles. The van der Waals surface area contributed by atoms with Gasteiger partial charge in [0.15, 0.2) is 0 Å². The molecule has 0 atom stereocenters. The smallest absolute Gasteiger partial charge is 0.303 e. The van der Waals surface area contributed by atoms with Crippen molar-refractivity contribution < 1.29 is 9.90 Å². The average Bonchev–Trinajstić information content (AvgIpc) is 2.36. The molecule has 1 N–H and O–H groups in total. The van der Waals surface area contributed by atoms with Crippen molar-refractivity contribution in [1.29, 1.82) is 0 Å². The van der Waals surface area contributed by atoms with Gasteiger partial charge in [0.2, 0.25) is 0 Å². The molecule has 1 aromatic rings. The molecule has 0 fully saturated rings. The Hall–Kier alpha value is -2.44. The van der Waals surface area contributed by atoms with E-state index in [9.17, 15) is 4.79 Å². The van der Waals surface area contributed by atoms with Crippen molar-refractivity contribution >= 4 is 5.97 Å². The average molecular weight is 243 g/mol. The lowest BCUT2D eigenvalue weighted by Crippen LogP contribution is -1.95. The van der Waals surface area contributed by atoms with Gasteiger partial charge in [-0.3, -0.25) is 4.79 Å². The van der Waals surface area contributed by atoms with E-state index in [0.717, 1.165) is 17.5 Å². The van der Waals surface area contributed by atoms with Crippen LogP contribution in [0.4, 0.5) is 0 Å². The fourth-order valence-corrected chi connectivity index (χ4v) is 1.41. The van der Waals surface area contributed by atoms with Crippen LogP contribution in [0.15, 0.2) is 29.4 Å². The first-order valence-electron chi connectivity index (χ1n) is 5.53. The maximum Gasteiger partial charge on any atom is 0.303 e. The maximum absolute atomic E-state index is 10.4. The molecule has 0 bridgehead atoms. The predicted octanol–water partition coefficient (Wildman–Crippen LogP) is 2.76. The van der Waals surface area contributed by atoms with Gasteiger partial charge < -0.3 is 5.11 Å². The summed E-state index contributed by atoms with van der Waals surface area (Å²) in [4.78, 5) is 13.0. The van der Waals surface area contributed by atoms with Crippen LogP contribution in [0.25, 0.3) is 10.4 Å². The minimum Gasteiger partial charge on any atom is -0.481 e. The highest BCUT2D eigenvalue weighted by molar-refractivity contribution is 5.66. The summed E-state index contributed by atoms with van der Waals surface area (Å²) in [5.41, 5.74) is 10.0. The normalized spacial score (nSPS) is 8.89. The van der Waals surface area contributed by atoms with Crippen molar-refractivity contribution in [2.24, 2.45) is 5.11 Å². The van der Waals surface area contributed by atoms with Gasteiger partial charge in [0.25, 0.3) is 0 Å². The first kappa shape index (κ1) is 13.6. The van der Waals surface area contributed by atoms with E-state index in [4.69, 9.17) is 10.6 Å². The van der Waals surface area contributed by atoms with Crippen LogP contribution in [-0.2, 0) is 11.2 Å². The van der Waals surface area contributed by atoms with Crippen molar-refractivity contribution in [3.05, 3.63) is 45.8 Å². The summed E-state index contributed by atoms with van der Waals surface area (Å²) in [6, 6.07) is 7.61. The Labute approximate surface area is 105 Å². The molecule has 0 aromatic heterocycles. The lowest BCUT2D eigenvalue weighted by molar-refractivity contribution is -0.137. The van der Waals surface area contributed by atoms with Crippen molar-refractivity contribution in [2.45, 2.75) is 19.3 Å². The minimum atomic E-state index is -0.768. The third-order valence-corrected chi connectivity index (χ3v) is 2.26. The summed E-state index contributed by atoms with van der Waals surface area (Å²) in [6.07, 6.45) is 1.57. The predicted molar refractivity (Wildman–Crippen MR) is 67.9 cm³/mol. The molecule has 0 aliphatic rings. The third kappa shape index (κ3) is 5.59. The number of rotatable bonds is 5. The highest BCUT2D eigenvalue weighted by Gasteiger charge is 1.98. The van der Waals surface area contributed by atoms with Gasteiger partial charge in [-0.05, 0) is 36.1 Å². The summed E-state index contributed by atoms with van der Waals surface area (Å²) in [6.45, 7) is 0.164. The Balaban J connectivity index is 2.48. The second-order valence-corrected chi connectivity index (χ2v) is 3.63. The van der Waals surface area contributed by atoms with Gasteiger partial charge in [-0.25, -0.2) is 0 Å². The molecule has 0 heterocycles. The van der Waals surface area contributed by atoms with Crippen LogP contribution in [0.2, 0.25) is 0 Å². The lowest BCUT2D eigenvalue weighted by Gasteiger charge is -1.99. The SMILES string of the molecule is [N-]=[N+]=NCC#Cc1ccc(CCCC(=O)O)cc1. The van der Waals surface area contributed by atoms with E-state index in [0.29, 0.717) is 6.42 Å². The number of hydrogen-bond acceptors (Lipinski definition) is 2. The zero-order valence-electron chi connectivity index (χ0n) is 9.83. The standard InChI is InChI=1S/C13H13N3O2/c14-16-15-10-2-4-12-8-6-11(7-9-12)3-1-5-13(17)18/h6-9H,1,3,5,10H2,(H,17,18). The molecule has 92 valence electrons. The quantitative estimate of drug-likeness (QED) is 0.373. The number of azide groups is 1. The molecule has 0 aliphatic heterocycles. The molecule has 0 unspecified atom stereocenters. The molecule has 5 heteroatoms. The second-order valence-electron chi connectivity index (χ2n) is 3.63. The Bertz CT molecular complexity index is 505. The highest BCUT2D eigenvalue weighted by Crippen LogP contribution is 2.07. The van der Waals surface area contributed by atoms with Crippen molar-refractivity contribution in [3.63, 3.8) is 0 Å². The van der Waals surface area contributed by atoms with Gasteiger partial charge >= 0.3 is 5.97 Å². The Morgan fingerprint density at radius 1 is 1.39 bits per heavy atom. The van der Waals surface area contributed by atoms with Crippen LogP contribution in [0.5, 0.6) is 0 Å². The number of nitrogens with zero attached hydrogens (tertiary/aromatic N) is 3. The van der Waals surface area contributed by atoms with Crippen LogP contribution in [0.1, 0.15) is 24.0 Å². The maximum atomic E-state index is 10.4. The van der Waals surface area contributed by atoms with Gasteiger partial charge in [0, 0.05) is 16.9 Å². The highest BCUT2D eigenvalue weighted by atomic mass is 16.4. The van der Waals surface area contributed by atoms with E-state index < -0.39 is 5.97 Å². The first-order valence-corrected chi connectivity index (χ1v) is 5.53. The van der Waals surface area contributed by atoms with Crippen molar-refractivity contribution in [1.82, 2.24) is 0 Å². The molecule has 0 aliphatic carbocycles. The number of aliphatic carboxylic acids is 1. The molecular formula is C13H13N3O2. The van der Waals surface area contributed by atoms with Crippen molar-refractivity contribution in [2.75, 3.05) is 6.54 Å². The van der Waals surface area contributed by atoms with Gasteiger partial charge in [0.05, 0.1) is 6.54 Å². The topological polar surface area (TPSA) is 86.1 Å². The monoisotopic (exact) mass is 243 g/mol. The lowest BCUT2D eigenvalue weighted by atomic mass is 10.1. The fraction of sp³-hybridized carbons (Fsp3) is 0.308. The zero-order valence-corrected chi connectivity index (χ0v) is 9.83. The van der Waals surface area contributed by atoms with Crippen molar-refractivity contribution in [3.8, 4) is 11.8 Å². The second kappa shape index (κ2) is 7.77. The van der Waals surface area contributed by atoms with E-state index in [1.54, 1.807) is 0 Å². The molecular weight excluding hydrogens is 230 g/mol. The fourth-order valence-electron chi connectivity index (χ4n) is 1.41. The molecule has 1 aromatic carbocycles. The summed E-state index contributed by atoms with van der Waals surface area (Å²) in [5.74, 6) is 4.84. The Morgan fingerprint density at radius 3 is 2.72 bits per heavy atom. The number of carbonyl (C=O) groups is 1. The summed E-state index contributed by atoms with van der Waals surface area (Å²) in [5, 5.41) is 11.8. The van der Waals surface area contributed by atoms with Crippen LogP contribution < -0.4 is 0 Å². The number of carboxylic acid groups (broad SMARTS) is 1. The third-order valence-electron chi connectivity index (χ3n) is 2.26. The molecule has 0 saturated heterocycles. The first-order chi connectivity index (χ1) is 8.72. The zero-order chi connectivity index (χ0) is 13.2. The van der Waals surface area contributed by atoms with Gasteiger partial charge in [-0.2, -0.15) is 0 Å². The van der Waals surface area contributed by atoms with Gasteiger partial charge in [-0.15, -0.1) is 0 Å². The van der Waals surface area contributed by atoms with Crippen LogP contribution >= 0.6 is 0 Å². The molecule has 0 radical (unpaired) electrons. The molecule has 18 heavy (non-hydrogen) atoms. The van der Waals surface area contributed by atoms with Gasteiger partial charge in [0.1, 0.15) is 0 Å². The minimum absolute atomic E-state index is 0.164. The molecule has 1 rings (SSSR count). The number of hydrogen-bond donors (Lipinski definition) is 1. The van der Waals surface area contributed by atoms with Crippen LogP contribution in [0.3, 0.4) is 0 Å². The molecule has 0 spiro atoms. The van der Waals surface area contributed by atoms with Gasteiger partial charge in [-0.1, -0.05) is 29.1 Å². The van der Waals surface area contributed by atoms with E-state index >= 15 is 0 Å². The largest absolute Gasteiger partial charge is 0.481 e. The molecule has 5 nitrogen and oxygen atoms in total. The number of carboxylic acids is 1. The number of benzene rings is 1. The van der Waals surface area contributed by atoms with Crippen LogP contribution in [0, 0.1) is 11.8 Å². The number of aryl methyl sites for hydroxylation is 1. The van der Waals surface area contributed by atoms with E-state index in [2.05, 4.69) is 21.9 Å². The summed E-state index contributed by atoms with van der Waals surface area (Å²) >= 11 is 0. The summed E-state index contributed by atoms with van der Waals surface area (Å²) in [7, 11) is 0. The Kier molecular flexibility index (Phi) is 5.88. The summed E-state index contributed by atoms with van der Waals surface area (Å²) < 4.78 is 0. The molecule has 0 amide bonds. The van der Waals surface area contributed by atoms with E-state index in [1.165, 1.54) is 0 Å². The Morgan fingerprint density at radius 2 is 2.11 bits per heavy atom.